The molecular formula is C13H19N3O. The standard InChI is InChI=1S/C13H19N3O/c1-10(11-8-6-5-7-9-11)15-16-12(17)14-13(2,3)4/h5-9H,1-4H3,(H2,14,16,17)/b15-10+. The maximum atomic E-state index is 11.5. The van der Waals surface area contributed by atoms with Crippen LogP contribution in [0.2, 0.25) is 0 Å². The molecule has 4 nitrogen and oxygen atoms in total. The lowest BCUT2D eigenvalue weighted by molar-refractivity contribution is 0.232. The molecule has 0 bridgehead atoms. The van der Waals surface area contributed by atoms with Crippen LogP contribution < -0.4 is 10.7 Å². The summed E-state index contributed by atoms with van der Waals surface area (Å²) in [7, 11) is 0. The summed E-state index contributed by atoms with van der Waals surface area (Å²) in [6.45, 7) is 7.60. The van der Waals surface area contributed by atoms with Gasteiger partial charge < -0.3 is 5.32 Å². The molecule has 1 aromatic carbocycles. The molecule has 1 rings (SSSR count). The molecule has 0 aliphatic heterocycles. The number of hydrazone groups is 1. The van der Waals surface area contributed by atoms with Crippen LogP contribution in [0, 0.1) is 0 Å². The zero-order chi connectivity index (χ0) is 12.9. The Kier molecular flexibility index (Phi) is 4.26. The van der Waals surface area contributed by atoms with E-state index < -0.39 is 0 Å². The third-order valence-electron chi connectivity index (χ3n) is 2.01. The fraction of sp³-hybridized carbons (Fsp3) is 0.385. The minimum atomic E-state index is -0.298. The van der Waals surface area contributed by atoms with Crippen molar-refractivity contribution in [1.82, 2.24) is 10.7 Å². The molecule has 0 saturated heterocycles. The maximum absolute atomic E-state index is 11.5. The molecule has 1 aromatic rings. The number of hydrogen-bond acceptors (Lipinski definition) is 2. The van der Waals surface area contributed by atoms with Gasteiger partial charge in [0.05, 0.1) is 5.71 Å². The van der Waals surface area contributed by atoms with Crippen molar-refractivity contribution in [3.63, 3.8) is 0 Å². The van der Waals surface area contributed by atoms with E-state index in [-0.39, 0.29) is 11.6 Å². The number of urea groups is 1. The average molecular weight is 233 g/mol. The summed E-state index contributed by atoms with van der Waals surface area (Å²) in [6, 6.07) is 9.40. The van der Waals surface area contributed by atoms with Gasteiger partial charge in [0.25, 0.3) is 0 Å². The molecule has 0 radical (unpaired) electrons. The predicted octanol–water partition coefficient (Wildman–Crippen LogP) is 2.51. The van der Waals surface area contributed by atoms with E-state index in [1.807, 2.05) is 58.0 Å². The van der Waals surface area contributed by atoms with Crippen LogP contribution in [0.25, 0.3) is 0 Å². The van der Waals surface area contributed by atoms with E-state index >= 15 is 0 Å². The second-order valence-electron chi connectivity index (χ2n) is 4.88. The first-order valence-electron chi connectivity index (χ1n) is 5.56. The molecular weight excluding hydrogens is 214 g/mol. The van der Waals surface area contributed by atoms with Gasteiger partial charge in [-0.05, 0) is 33.3 Å². The Morgan fingerprint density at radius 2 is 1.76 bits per heavy atom. The van der Waals surface area contributed by atoms with Gasteiger partial charge in [-0.2, -0.15) is 5.10 Å². The number of carbonyl (C=O) groups is 1. The van der Waals surface area contributed by atoms with Crippen molar-refractivity contribution >= 4 is 11.7 Å². The Morgan fingerprint density at radius 3 is 2.29 bits per heavy atom. The molecule has 17 heavy (non-hydrogen) atoms. The fourth-order valence-electron chi connectivity index (χ4n) is 1.25. The molecule has 0 unspecified atom stereocenters. The third kappa shape index (κ3) is 5.15. The Bertz CT molecular complexity index is 404. The van der Waals surface area contributed by atoms with Crippen molar-refractivity contribution in [2.45, 2.75) is 33.2 Å². The summed E-state index contributed by atoms with van der Waals surface area (Å²) in [5.41, 5.74) is 3.97. The van der Waals surface area contributed by atoms with Crippen LogP contribution in [0.15, 0.2) is 35.4 Å². The quantitative estimate of drug-likeness (QED) is 0.598. The van der Waals surface area contributed by atoms with Crippen LogP contribution in [-0.4, -0.2) is 17.3 Å². The summed E-state index contributed by atoms with van der Waals surface area (Å²) in [5.74, 6) is 0. The minimum absolute atomic E-state index is 0.264. The smallest absolute Gasteiger partial charge is 0.332 e. The molecule has 0 saturated carbocycles. The van der Waals surface area contributed by atoms with Crippen molar-refractivity contribution < 1.29 is 4.79 Å². The Labute approximate surface area is 102 Å². The highest BCUT2D eigenvalue weighted by Crippen LogP contribution is 2.00. The molecule has 0 aliphatic rings. The van der Waals surface area contributed by atoms with E-state index in [4.69, 9.17) is 0 Å². The molecule has 2 N–H and O–H groups in total. The van der Waals surface area contributed by atoms with Crippen molar-refractivity contribution in [1.29, 1.82) is 0 Å². The third-order valence-corrected chi connectivity index (χ3v) is 2.01. The molecule has 0 aliphatic carbocycles. The zero-order valence-electron chi connectivity index (χ0n) is 10.7. The largest absolute Gasteiger partial charge is 0.335 e. The molecule has 0 aromatic heterocycles. The molecule has 0 atom stereocenters. The summed E-state index contributed by atoms with van der Waals surface area (Å²) < 4.78 is 0. The number of nitrogens with zero attached hydrogens (tertiary/aromatic N) is 1. The number of amides is 2. The van der Waals surface area contributed by atoms with Gasteiger partial charge in [0.2, 0.25) is 0 Å². The van der Waals surface area contributed by atoms with E-state index in [0.29, 0.717) is 0 Å². The van der Waals surface area contributed by atoms with Gasteiger partial charge >= 0.3 is 6.03 Å². The normalized spacial score (nSPS) is 12.1. The first-order chi connectivity index (χ1) is 7.88. The lowest BCUT2D eigenvalue weighted by Gasteiger charge is -2.19. The first kappa shape index (κ1) is 13.2. The molecule has 0 heterocycles. The van der Waals surface area contributed by atoms with E-state index in [1.54, 1.807) is 0 Å². The van der Waals surface area contributed by atoms with Crippen molar-refractivity contribution in [2.75, 3.05) is 0 Å². The van der Waals surface area contributed by atoms with Gasteiger partial charge in [0, 0.05) is 5.54 Å². The fourth-order valence-corrected chi connectivity index (χ4v) is 1.25. The highest BCUT2D eigenvalue weighted by atomic mass is 16.2. The van der Waals surface area contributed by atoms with E-state index in [0.717, 1.165) is 11.3 Å². The zero-order valence-corrected chi connectivity index (χ0v) is 10.7. The highest BCUT2D eigenvalue weighted by Gasteiger charge is 2.12. The monoisotopic (exact) mass is 233 g/mol. The SMILES string of the molecule is C/C(=N\NC(=O)NC(C)(C)C)c1ccccc1. The number of benzene rings is 1. The van der Waals surface area contributed by atoms with Crippen molar-refractivity contribution in [2.24, 2.45) is 5.10 Å². The lowest BCUT2D eigenvalue weighted by atomic mass is 10.1. The summed E-state index contributed by atoms with van der Waals surface area (Å²) >= 11 is 0. The van der Waals surface area contributed by atoms with E-state index in [2.05, 4.69) is 15.8 Å². The topological polar surface area (TPSA) is 53.5 Å². The first-order valence-corrected chi connectivity index (χ1v) is 5.56. The van der Waals surface area contributed by atoms with Crippen LogP contribution >= 0.6 is 0 Å². The van der Waals surface area contributed by atoms with Gasteiger partial charge in [0.1, 0.15) is 0 Å². The average Bonchev–Trinajstić information content (AvgIpc) is 2.25. The Balaban J connectivity index is 2.57. The second kappa shape index (κ2) is 5.48. The van der Waals surface area contributed by atoms with Crippen LogP contribution in [-0.2, 0) is 0 Å². The van der Waals surface area contributed by atoms with Crippen LogP contribution in [0.5, 0.6) is 0 Å². The van der Waals surface area contributed by atoms with E-state index in [1.165, 1.54) is 0 Å². The summed E-state index contributed by atoms with van der Waals surface area (Å²) in [6.07, 6.45) is 0. The number of hydrogen-bond donors (Lipinski definition) is 2. The Hall–Kier alpha value is -1.84. The van der Waals surface area contributed by atoms with Crippen LogP contribution in [0.1, 0.15) is 33.3 Å². The summed E-state index contributed by atoms with van der Waals surface area (Å²) in [4.78, 5) is 11.5. The summed E-state index contributed by atoms with van der Waals surface area (Å²) in [5, 5.41) is 6.80. The van der Waals surface area contributed by atoms with Crippen molar-refractivity contribution in [3.05, 3.63) is 35.9 Å². The van der Waals surface area contributed by atoms with Crippen LogP contribution in [0.3, 0.4) is 0 Å². The number of nitrogens with one attached hydrogen (secondary N) is 2. The Morgan fingerprint density at radius 1 is 1.18 bits per heavy atom. The van der Waals surface area contributed by atoms with Crippen LogP contribution in [0.4, 0.5) is 4.79 Å². The predicted molar refractivity (Wildman–Crippen MR) is 70.1 cm³/mol. The molecule has 0 fully saturated rings. The molecule has 0 spiro atoms. The van der Waals surface area contributed by atoms with Gasteiger partial charge in [0.15, 0.2) is 0 Å². The van der Waals surface area contributed by atoms with Gasteiger partial charge in [-0.25, -0.2) is 10.2 Å². The molecule has 2 amide bonds. The minimum Gasteiger partial charge on any atom is -0.332 e. The van der Waals surface area contributed by atoms with Gasteiger partial charge in [-0.3, -0.25) is 0 Å². The molecule has 92 valence electrons. The second-order valence-corrected chi connectivity index (χ2v) is 4.88. The number of rotatable bonds is 2. The highest BCUT2D eigenvalue weighted by molar-refractivity contribution is 5.99. The van der Waals surface area contributed by atoms with E-state index in [9.17, 15) is 4.79 Å². The number of carbonyl (C=O) groups excluding carboxylic acids is 1. The van der Waals surface area contributed by atoms with Gasteiger partial charge in [-0.1, -0.05) is 30.3 Å². The molecule has 4 heteroatoms. The van der Waals surface area contributed by atoms with Gasteiger partial charge in [-0.15, -0.1) is 0 Å². The maximum Gasteiger partial charge on any atom is 0.335 e. The van der Waals surface area contributed by atoms with Crippen molar-refractivity contribution in [3.8, 4) is 0 Å². The lowest BCUT2D eigenvalue weighted by Crippen LogP contribution is -2.45.